The first kappa shape index (κ1) is 18.9. The van der Waals surface area contributed by atoms with E-state index in [0.29, 0.717) is 12.2 Å². The lowest BCUT2D eigenvalue weighted by atomic mass is 9.91. The maximum Gasteiger partial charge on any atom is 0.295 e. The van der Waals surface area contributed by atoms with Crippen molar-refractivity contribution >= 4 is 17.4 Å². The molecular weight excluding hydrogens is 378 g/mol. The van der Waals surface area contributed by atoms with Crippen molar-refractivity contribution in [3.63, 3.8) is 0 Å². The first-order valence-electron chi connectivity index (χ1n) is 10.7. The number of carbonyl (C=O) groups excluding carboxylic acids is 2. The molecule has 0 bridgehead atoms. The summed E-state index contributed by atoms with van der Waals surface area (Å²) in [7, 11) is 0. The van der Waals surface area contributed by atoms with Crippen LogP contribution >= 0.6 is 0 Å². The average Bonchev–Trinajstić information content (AvgIpc) is 3.48. The third-order valence-corrected chi connectivity index (χ3v) is 6.64. The van der Waals surface area contributed by atoms with Crippen LogP contribution in [0.25, 0.3) is 5.76 Å². The number of likely N-dealkylation sites (tertiary alicyclic amines) is 1. The molecule has 5 nitrogen and oxygen atoms in total. The molecule has 1 atom stereocenters. The molecule has 1 amide bonds. The second-order valence-corrected chi connectivity index (χ2v) is 8.42. The summed E-state index contributed by atoms with van der Waals surface area (Å²) in [6.07, 6.45) is 4.67. The Morgan fingerprint density at radius 3 is 2.63 bits per heavy atom. The number of aryl methyl sites for hydroxylation is 1. The Morgan fingerprint density at radius 1 is 1.10 bits per heavy atom. The van der Waals surface area contributed by atoms with Gasteiger partial charge in [0.25, 0.3) is 11.7 Å². The summed E-state index contributed by atoms with van der Waals surface area (Å²) in [5.41, 5.74) is 3.66. The standard InChI is InChI=1S/C25H25NO4/c1-15-6-2-5-9-19(15)22-21(24(28)25(29)26(22)18-7-3-4-8-18)23(27)17-10-11-20-16(14-17)12-13-30-20/h2,5-6,9-11,14,18,22,27H,3-4,7-8,12-13H2,1H3/b23-21+. The molecule has 1 aliphatic carbocycles. The summed E-state index contributed by atoms with van der Waals surface area (Å²) in [5, 5.41) is 11.3. The van der Waals surface area contributed by atoms with Crippen molar-refractivity contribution in [1.82, 2.24) is 4.90 Å². The number of hydrogen-bond donors (Lipinski definition) is 1. The van der Waals surface area contributed by atoms with Crippen molar-refractivity contribution in [3.8, 4) is 5.75 Å². The molecule has 2 aliphatic heterocycles. The Bertz CT molecular complexity index is 1060. The summed E-state index contributed by atoms with van der Waals surface area (Å²) in [6, 6.07) is 12.7. The van der Waals surface area contributed by atoms with E-state index in [9.17, 15) is 14.7 Å². The molecule has 5 rings (SSSR count). The van der Waals surface area contributed by atoms with Gasteiger partial charge in [0.05, 0.1) is 18.2 Å². The van der Waals surface area contributed by atoms with Gasteiger partial charge in [0.15, 0.2) is 0 Å². The largest absolute Gasteiger partial charge is 0.507 e. The second kappa shape index (κ2) is 7.31. The van der Waals surface area contributed by atoms with Crippen LogP contribution in [0.2, 0.25) is 0 Å². The number of amides is 1. The molecule has 0 spiro atoms. The van der Waals surface area contributed by atoms with E-state index in [1.807, 2.05) is 43.3 Å². The summed E-state index contributed by atoms with van der Waals surface area (Å²) in [6.45, 7) is 2.60. The molecule has 2 fully saturated rings. The van der Waals surface area contributed by atoms with Crippen LogP contribution in [0.4, 0.5) is 0 Å². The smallest absolute Gasteiger partial charge is 0.295 e. The number of aliphatic hydroxyl groups is 1. The van der Waals surface area contributed by atoms with Gasteiger partial charge in [0.2, 0.25) is 0 Å². The zero-order valence-electron chi connectivity index (χ0n) is 17.1. The molecule has 0 aromatic heterocycles. The van der Waals surface area contributed by atoms with E-state index in [1.54, 1.807) is 11.0 Å². The van der Waals surface area contributed by atoms with Crippen molar-refractivity contribution < 1.29 is 19.4 Å². The molecule has 2 heterocycles. The highest BCUT2D eigenvalue weighted by molar-refractivity contribution is 6.46. The van der Waals surface area contributed by atoms with E-state index < -0.39 is 17.7 Å². The highest BCUT2D eigenvalue weighted by Gasteiger charge is 2.49. The van der Waals surface area contributed by atoms with Crippen LogP contribution in [0.5, 0.6) is 5.75 Å². The predicted octanol–water partition coefficient (Wildman–Crippen LogP) is 4.29. The van der Waals surface area contributed by atoms with Crippen molar-refractivity contribution in [2.45, 2.75) is 51.1 Å². The number of nitrogens with zero attached hydrogens (tertiary/aromatic N) is 1. The number of aliphatic hydroxyl groups excluding tert-OH is 1. The molecule has 154 valence electrons. The van der Waals surface area contributed by atoms with E-state index in [2.05, 4.69) is 0 Å². The molecule has 1 N–H and O–H groups in total. The number of rotatable bonds is 3. The van der Waals surface area contributed by atoms with Crippen molar-refractivity contribution in [1.29, 1.82) is 0 Å². The molecule has 0 radical (unpaired) electrons. The van der Waals surface area contributed by atoms with Crippen LogP contribution in [-0.2, 0) is 16.0 Å². The highest BCUT2D eigenvalue weighted by Crippen LogP contribution is 2.44. The minimum Gasteiger partial charge on any atom is -0.507 e. The number of Topliss-reactive ketones (excluding diaryl/α,β-unsaturated/α-hetero) is 1. The third-order valence-electron chi connectivity index (χ3n) is 6.64. The maximum absolute atomic E-state index is 13.2. The van der Waals surface area contributed by atoms with Crippen molar-refractivity contribution in [3.05, 3.63) is 70.3 Å². The lowest BCUT2D eigenvalue weighted by molar-refractivity contribution is -0.141. The van der Waals surface area contributed by atoms with Crippen LogP contribution in [0.15, 0.2) is 48.0 Å². The van der Waals surface area contributed by atoms with Gasteiger partial charge in [-0.25, -0.2) is 0 Å². The molecule has 1 saturated carbocycles. The fourth-order valence-corrected chi connectivity index (χ4v) is 5.10. The van der Waals surface area contributed by atoms with Gasteiger partial charge in [0.1, 0.15) is 11.5 Å². The topological polar surface area (TPSA) is 66.8 Å². The molecule has 5 heteroatoms. The summed E-state index contributed by atoms with van der Waals surface area (Å²) in [5.74, 6) is -0.379. The molecule has 2 aromatic carbocycles. The van der Waals surface area contributed by atoms with E-state index in [4.69, 9.17) is 4.74 Å². The van der Waals surface area contributed by atoms with E-state index in [0.717, 1.165) is 54.5 Å². The molecular formula is C25H25NO4. The molecule has 1 unspecified atom stereocenters. The third kappa shape index (κ3) is 2.92. The molecule has 30 heavy (non-hydrogen) atoms. The van der Waals surface area contributed by atoms with Gasteiger partial charge in [-0.05, 0) is 54.7 Å². The Hall–Kier alpha value is -3.08. The zero-order chi connectivity index (χ0) is 20.8. The fraction of sp³-hybridized carbons (Fsp3) is 0.360. The van der Waals surface area contributed by atoms with Gasteiger partial charge in [-0.15, -0.1) is 0 Å². The predicted molar refractivity (Wildman–Crippen MR) is 113 cm³/mol. The quantitative estimate of drug-likeness (QED) is 0.472. The Balaban J connectivity index is 1.68. The number of benzene rings is 2. The maximum atomic E-state index is 13.2. The van der Waals surface area contributed by atoms with Crippen LogP contribution < -0.4 is 4.74 Å². The van der Waals surface area contributed by atoms with Gasteiger partial charge < -0.3 is 14.7 Å². The van der Waals surface area contributed by atoms with E-state index in [-0.39, 0.29) is 17.4 Å². The number of ketones is 1. The average molecular weight is 403 g/mol. The minimum atomic E-state index is -0.593. The fourth-order valence-electron chi connectivity index (χ4n) is 5.10. The van der Waals surface area contributed by atoms with Crippen LogP contribution in [0.1, 0.15) is 54.0 Å². The van der Waals surface area contributed by atoms with Crippen LogP contribution in [0, 0.1) is 6.92 Å². The molecule has 1 saturated heterocycles. The molecule has 2 aromatic rings. The van der Waals surface area contributed by atoms with Crippen molar-refractivity contribution in [2.75, 3.05) is 6.61 Å². The Kier molecular flexibility index (Phi) is 4.61. The number of fused-ring (bicyclic) bond motifs is 1. The Morgan fingerprint density at radius 2 is 1.87 bits per heavy atom. The lowest BCUT2D eigenvalue weighted by Crippen LogP contribution is -2.37. The first-order chi connectivity index (χ1) is 14.6. The summed E-state index contributed by atoms with van der Waals surface area (Å²) < 4.78 is 5.56. The van der Waals surface area contributed by atoms with Gasteiger partial charge in [0, 0.05) is 18.0 Å². The van der Waals surface area contributed by atoms with Crippen LogP contribution in [-0.4, -0.2) is 34.3 Å². The number of hydrogen-bond acceptors (Lipinski definition) is 4. The zero-order valence-corrected chi connectivity index (χ0v) is 17.1. The summed E-state index contributed by atoms with van der Waals surface area (Å²) >= 11 is 0. The number of ether oxygens (including phenoxy) is 1. The monoisotopic (exact) mass is 403 g/mol. The Labute approximate surface area is 176 Å². The summed E-state index contributed by atoms with van der Waals surface area (Å²) in [4.78, 5) is 28.0. The lowest BCUT2D eigenvalue weighted by Gasteiger charge is -2.31. The van der Waals surface area contributed by atoms with Gasteiger partial charge >= 0.3 is 0 Å². The minimum absolute atomic E-state index is 0.0322. The van der Waals surface area contributed by atoms with Gasteiger partial charge in [-0.2, -0.15) is 0 Å². The van der Waals surface area contributed by atoms with Gasteiger partial charge in [-0.1, -0.05) is 37.1 Å². The van der Waals surface area contributed by atoms with E-state index >= 15 is 0 Å². The van der Waals surface area contributed by atoms with E-state index in [1.165, 1.54) is 0 Å². The highest BCUT2D eigenvalue weighted by atomic mass is 16.5. The van der Waals surface area contributed by atoms with Crippen molar-refractivity contribution in [2.24, 2.45) is 0 Å². The van der Waals surface area contributed by atoms with Crippen LogP contribution in [0.3, 0.4) is 0 Å². The molecule has 3 aliphatic rings. The second-order valence-electron chi connectivity index (χ2n) is 8.42. The first-order valence-corrected chi connectivity index (χ1v) is 10.7. The normalized spacial score (nSPS) is 23.1. The van der Waals surface area contributed by atoms with Gasteiger partial charge in [-0.3, -0.25) is 9.59 Å². The number of carbonyl (C=O) groups is 2. The SMILES string of the molecule is Cc1ccccc1C1/C(=C(\O)c2ccc3c(c2)CCO3)C(=O)C(=O)N1C1CCCC1.